The molecular weight excluding hydrogens is 454 g/mol. The number of hydrogen-bond donors (Lipinski definition) is 0. The molecule has 0 bridgehead atoms. The standard InChI is InChI=1S/C27H24F6O/c1-3-4-17-7-14-22(23(28)15-17)19-10-12-21(13-11-19)26(30)25(29)20-8-5-18(6-9-20)16-24(34-2)27(31,32)33/h5-15,24H,3-4,16H2,1-2H3/b26-25-. The van der Waals surface area contributed by atoms with Crippen molar-refractivity contribution in [3.63, 3.8) is 0 Å². The van der Waals surface area contributed by atoms with Crippen molar-refractivity contribution in [1.82, 2.24) is 0 Å². The second-order valence-electron chi connectivity index (χ2n) is 7.94. The Morgan fingerprint density at radius 3 is 1.82 bits per heavy atom. The topological polar surface area (TPSA) is 9.23 Å². The van der Waals surface area contributed by atoms with Crippen LogP contribution in [0.15, 0.2) is 66.7 Å². The fourth-order valence-electron chi connectivity index (χ4n) is 3.62. The van der Waals surface area contributed by atoms with Crippen LogP contribution in [0.2, 0.25) is 0 Å². The highest BCUT2D eigenvalue weighted by Crippen LogP contribution is 2.32. The molecule has 0 amide bonds. The Hall–Kier alpha value is -3.06. The lowest BCUT2D eigenvalue weighted by atomic mass is 9.99. The van der Waals surface area contributed by atoms with Gasteiger partial charge >= 0.3 is 6.18 Å². The van der Waals surface area contributed by atoms with Gasteiger partial charge in [0.2, 0.25) is 0 Å². The van der Waals surface area contributed by atoms with Crippen LogP contribution in [-0.2, 0) is 17.6 Å². The van der Waals surface area contributed by atoms with Gasteiger partial charge in [-0.25, -0.2) is 13.2 Å². The van der Waals surface area contributed by atoms with E-state index in [1.807, 2.05) is 13.0 Å². The van der Waals surface area contributed by atoms with Gasteiger partial charge in [0, 0.05) is 30.2 Å². The Bertz CT molecular complexity index is 1130. The van der Waals surface area contributed by atoms with Crippen LogP contribution >= 0.6 is 0 Å². The molecule has 3 aromatic rings. The van der Waals surface area contributed by atoms with Gasteiger partial charge in [-0.15, -0.1) is 0 Å². The summed E-state index contributed by atoms with van der Waals surface area (Å²) in [6, 6.07) is 15.7. The smallest absolute Gasteiger partial charge is 0.372 e. The van der Waals surface area contributed by atoms with Gasteiger partial charge in [-0.2, -0.15) is 13.2 Å². The van der Waals surface area contributed by atoms with E-state index in [0.29, 0.717) is 11.1 Å². The van der Waals surface area contributed by atoms with Gasteiger partial charge in [0.25, 0.3) is 0 Å². The first-order valence-electron chi connectivity index (χ1n) is 10.8. The van der Waals surface area contributed by atoms with E-state index in [2.05, 4.69) is 4.74 Å². The molecule has 0 N–H and O–H groups in total. The van der Waals surface area contributed by atoms with Gasteiger partial charge in [0.05, 0.1) is 0 Å². The lowest BCUT2D eigenvalue weighted by molar-refractivity contribution is -0.212. The minimum atomic E-state index is -4.53. The third-order valence-electron chi connectivity index (χ3n) is 5.49. The number of aryl methyl sites for hydroxylation is 1. The summed E-state index contributed by atoms with van der Waals surface area (Å²) >= 11 is 0. The van der Waals surface area contributed by atoms with E-state index >= 15 is 0 Å². The Kier molecular flexibility index (Phi) is 8.20. The summed E-state index contributed by atoms with van der Waals surface area (Å²) in [6.45, 7) is 2.00. The molecule has 0 heterocycles. The molecule has 0 aromatic heterocycles. The number of hydrogen-bond acceptors (Lipinski definition) is 1. The molecule has 7 heteroatoms. The van der Waals surface area contributed by atoms with Crippen molar-refractivity contribution >= 4 is 11.7 Å². The zero-order chi connectivity index (χ0) is 24.9. The highest BCUT2D eigenvalue weighted by atomic mass is 19.4. The predicted molar refractivity (Wildman–Crippen MR) is 122 cm³/mol. The first kappa shape index (κ1) is 25.6. The minimum absolute atomic E-state index is 0.0372. The van der Waals surface area contributed by atoms with E-state index in [1.165, 1.54) is 54.6 Å². The predicted octanol–water partition coefficient (Wildman–Crippen LogP) is 8.33. The van der Waals surface area contributed by atoms with Crippen LogP contribution in [0.25, 0.3) is 22.8 Å². The van der Waals surface area contributed by atoms with E-state index in [-0.39, 0.29) is 22.5 Å². The summed E-state index contributed by atoms with van der Waals surface area (Å²) in [5, 5.41) is 0. The molecule has 0 aliphatic rings. The third kappa shape index (κ3) is 6.08. The van der Waals surface area contributed by atoms with Crippen LogP contribution in [0, 0.1) is 5.82 Å². The summed E-state index contributed by atoms with van der Waals surface area (Å²) in [5.74, 6) is -2.65. The Balaban J connectivity index is 1.78. The van der Waals surface area contributed by atoms with Gasteiger partial charge in [-0.3, -0.25) is 0 Å². The van der Waals surface area contributed by atoms with Gasteiger partial charge in [0.15, 0.2) is 17.8 Å². The van der Waals surface area contributed by atoms with E-state index in [9.17, 15) is 26.3 Å². The van der Waals surface area contributed by atoms with Crippen LogP contribution in [0.3, 0.4) is 0 Å². The van der Waals surface area contributed by atoms with Crippen molar-refractivity contribution < 1.29 is 31.1 Å². The highest BCUT2D eigenvalue weighted by Gasteiger charge is 2.39. The zero-order valence-electron chi connectivity index (χ0n) is 18.7. The maximum absolute atomic E-state index is 14.7. The van der Waals surface area contributed by atoms with Crippen molar-refractivity contribution in [2.24, 2.45) is 0 Å². The molecule has 1 nitrogen and oxygen atoms in total. The van der Waals surface area contributed by atoms with Gasteiger partial charge in [0.1, 0.15) is 5.82 Å². The third-order valence-corrected chi connectivity index (χ3v) is 5.49. The highest BCUT2D eigenvalue weighted by molar-refractivity contribution is 5.83. The number of benzene rings is 3. The van der Waals surface area contributed by atoms with Crippen LogP contribution < -0.4 is 0 Å². The van der Waals surface area contributed by atoms with Crippen LogP contribution in [0.4, 0.5) is 26.3 Å². The molecular formula is C27H24F6O. The summed E-state index contributed by atoms with van der Waals surface area (Å²) in [5.41, 5.74) is 1.91. The zero-order valence-corrected chi connectivity index (χ0v) is 18.7. The summed E-state index contributed by atoms with van der Waals surface area (Å²) in [7, 11) is 0.964. The first-order valence-corrected chi connectivity index (χ1v) is 10.8. The molecule has 3 rings (SSSR count). The monoisotopic (exact) mass is 478 g/mol. The maximum Gasteiger partial charge on any atom is 0.414 e. The number of ether oxygens (including phenoxy) is 1. The second kappa shape index (κ2) is 10.9. The minimum Gasteiger partial charge on any atom is -0.372 e. The van der Waals surface area contributed by atoms with E-state index in [4.69, 9.17) is 0 Å². The molecule has 1 unspecified atom stereocenters. The van der Waals surface area contributed by atoms with Crippen molar-refractivity contribution in [3.8, 4) is 11.1 Å². The molecule has 0 fully saturated rings. The Morgan fingerprint density at radius 2 is 1.35 bits per heavy atom. The lowest BCUT2D eigenvalue weighted by Crippen LogP contribution is -2.32. The Morgan fingerprint density at radius 1 is 0.824 bits per heavy atom. The molecule has 0 saturated heterocycles. The van der Waals surface area contributed by atoms with Gasteiger partial charge in [-0.05, 0) is 29.2 Å². The molecule has 34 heavy (non-hydrogen) atoms. The van der Waals surface area contributed by atoms with Crippen molar-refractivity contribution in [2.75, 3.05) is 7.11 Å². The quantitative estimate of drug-likeness (QED) is 0.234. The van der Waals surface area contributed by atoms with Crippen molar-refractivity contribution in [2.45, 2.75) is 38.5 Å². The molecule has 180 valence electrons. The van der Waals surface area contributed by atoms with Gasteiger partial charge < -0.3 is 4.74 Å². The van der Waals surface area contributed by atoms with Crippen molar-refractivity contribution in [3.05, 3.63) is 94.8 Å². The van der Waals surface area contributed by atoms with E-state index < -0.39 is 30.4 Å². The SMILES string of the molecule is CCCc1ccc(-c2ccc(/C(F)=C(/F)c3ccc(CC(OC)C(F)(F)F)cc3)cc2)c(F)c1. The van der Waals surface area contributed by atoms with E-state index in [1.54, 1.807) is 6.07 Å². The van der Waals surface area contributed by atoms with Crippen LogP contribution in [0.1, 0.15) is 35.6 Å². The lowest BCUT2D eigenvalue weighted by Gasteiger charge is -2.18. The molecule has 1 atom stereocenters. The number of alkyl halides is 3. The Labute approximate surface area is 194 Å². The second-order valence-corrected chi connectivity index (χ2v) is 7.94. The molecule has 0 radical (unpaired) electrons. The first-order chi connectivity index (χ1) is 16.1. The molecule has 0 spiro atoms. The molecule has 3 aromatic carbocycles. The number of halogens is 6. The van der Waals surface area contributed by atoms with Crippen LogP contribution in [-0.4, -0.2) is 19.4 Å². The normalized spacial score (nSPS) is 13.5. The number of methoxy groups -OCH3 is 1. The average molecular weight is 478 g/mol. The fraction of sp³-hybridized carbons (Fsp3) is 0.259. The summed E-state index contributed by atoms with van der Waals surface area (Å²) in [4.78, 5) is 0. The van der Waals surface area contributed by atoms with Gasteiger partial charge in [-0.1, -0.05) is 74.0 Å². The molecule has 0 aliphatic heterocycles. The van der Waals surface area contributed by atoms with Crippen molar-refractivity contribution in [1.29, 1.82) is 0 Å². The number of rotatable bonds is 8. The van der Waals surface area contributed by atoms with Crippen LogP contribution in [0.5, 0.6) is 0 Å². The molecule has 0 saturated carbocycles. The average Bonchev–Trinajstić information content (AvgIpc) is 2.82. The fourth-order valence-corrected chi connectivity index (χ4v) is 3.62. The summed E-state index contributed by atoms with van der Waals surface area (Å²) < 4.78 is 86.9. The van der Waals surface area contributed by atoms with E-state index in [0.717, 1.165) is 25.5 Å². The largest absolute Gasteiger partial charge is 0.414 e. The maximum atomic E-state index is 14.7. The summed E-state index contributed by atoms with van der Waals surface area (Å²) in [6.07, 6.45) is -5.29. The molecule has 0 aliphatic carbocycles.